The van der Waals surface area contributed by atoms with Gasteiger partial charge >= 0.3 is 0 Å². The first-order chi connectivity index (χ1) is 9.68. The van der Waals surface area contributed by atoms with Crippen molar-refractivity contribution in [1.29, 1.82) is 0 Å². The molecular formula is C18H28O3. The summed E-state index contributed by atoms with van der Waals surface area (Å²) in [6.45, 7) is 10.2. The Kier molecular flexibility index (Phi) is 4.64. The van der Waals surface area contributed by atoms with E-state index in [4.69, 9.17) is 9.47 Å². The third kappa shape index (κ3) is 4.45. The highest BCUT2D eigenvalue weighted by molar-refractivity contribution is 5.28. The van der Waals surface area contributed by atoms with E-state index in [1.165, 1.54) is 5.56 Å². The molecular weight excluding hydrogens is 264 g/mol. The monoisotopic (exact) mass is 292 g/mol. The number of rotatable bonds is 5. The Hall–Kier alpha value is -1.06. The quantitative estimate of drug-likeness (QED) is 0.899. The average Bonchev–Trinajstić information content (AvgIpc) is 2.56. The maximum atomic E-state index is 9.33. The Bertz CT molecular complexity index is 460. The van der Waals surface area contributed by atoms with Gasteiger partial charge in [0.05, 0.1) is 11.7 Å². The maximum Gasteiger partial charge on any atom is 0.130 e. The molecule has 3 nitrogen and oxygen atoms in total. The smallest absolute Gasteiger partial charge is 0.130 e. The molecule has 2 atom stereocenters. The van der Waals surface area contributed by atoms with Crippen LogP contribution in [-0.2, 0) is 11.2 Å². The van der Waals surface area contributed by atoms with Crippen molar-refractivity contribution >= 4 is 0 Å². The molecule has 0 amide bonds. The van der Waals surface area contributed by atoms with Crippen molar-refractivity contribution in [2.45, 2.75) is 77.3 Å². The minimum absolute atomic E-state index is 0.0656. The predicted molar refractivity (Wildman–Crippen MR) is 84.7 cm³/mol. The van der Waals surface area contributed by atoms with Crippen molar-refractivity contribution < 1.29 is 14.6 Å². The Morgan fingerprint density at radius 3 is 2.33 bits per heavy atom. The van der Waals surface area contributed by atoms with E-state index in [1.54, 1.807) is 0 Å². The lowest BCUT2D eigenvalue weighted by atomic mass is 9.97. The normalized spacial score (nSPS) is 24.8. The number of aliphatic hydroxyl groups is 1. The molecule has 0 aromatic heterocycles. The fourth-order valence-electron chi connectivity index (χ4n) is 2.97. The molecule has 1 N–H and O–H groups in total. The second kappa shape index (κ2) is 5.98. The van der Waals surface area contributed by atoms with Crippen LogP contribution in [0.5, 0.6) is 5.75 Å². The maximum absolute atomic E-state index is 9.33. The van der Waals surface area contributed by atoms with Gasteiger partial charge in [0.1, 0.15) is 17.5 Å². The van der Waals surface area contributed by atoms with Gasteiger partial charge in [-0.3, -0.25) is 0 Å². The molecule has 0 spiro atoms. The number of benzene rings is 1. The minimum Gasteiger partial charge on any atom is -0.487 e. The van der Waals surface area contributed by atoms with Gasteiger partial charge in [-0.05, 0) is 65.2 Å². The van der Waals surface area contributed by atoms with E-state index in [-0.39, 0.29) is 23.4 Å². The zero-order chi connectivity index (χ0) is 15.7. The van der Waals surface area contributed by atoms with E-state index in [2.05, 4.69) is 39.8 Å². The number of hydrogen-bond donors (Lipinski definition) is 1. The minimum atomic E-state index is -0.269. The van der Waals surface area contributed by atoms with Crippen molar-refractivity contribution in [2.75, 3.05) is 0 Å². The number of hydrogen-bond acceptors (Lipinski definition) is 3. The standard InChI is InChI=1S/C18H28O3/c1-13(19)6-7-14-8-10-15(11-9-14)20-16-12-17(2,3)21-18(16,4)5/h8-11,13,16,19H,6-7,12H2,1-5H3. The van der Waals surface area contributed by atoms with Gasteiger partial charge in [-0.15, -0.1) is 0 Å². The molecule has 0 saturated carbocycles. The summed E-state index contributed by atoms with van der Waals surface area (Å²) < 4.78 is 12.2. The third-order valence-corrected chi connectivity index (χ3v) is 4.04. The number of aryl methyl sites for hydroxylation is 1. The van der Waals surface area contributed by atoms with Gasteiger partial charge in [-0.2, -0.15) is 0 Å². The lowest BCUT2D eigenvalue weighted by Gasteiger charge is -2.27. The van der Waals surface area contributed by atoms with Crippen LogP contribution in [0.4, 0.5) is 0 Å². The summed E-state index contributed by atoms with van der Waals surface area (Å²) in [4.78, 5) is 0. The zero-order valence-electron chi connectivity index (χ0n) is 13.8. The molecule has 2 rings (SSSR count). The fourth-order valence-corrected chi connectivity index (χ4v) is 2.97. The van der Waals surface area contributed by atoms with Crippen LogP contribution in [0.25, 0.3) is 0 Å². The highest BCUT2D eigenvalue weighted by Crippen LogP contribution is 2.39. The molecule has 0 radical (unpaired) electrons. The third-order valence-electron chi connectivity index (χ3n) is 4.04. The van der Waals surface area contributed by atoms with Crippen molar-refractivity contribution in [1.82, 2.24) is 0 Å². The molecule has 118 valence electrons. The Labute approximate surface area is 128 Å². The van der Waals surface area contributed by atoms with E-state index in [1.807, 2.05) is 19.1 Å². The summed E-state index contributed by atoms with van der Waals surface area (Å²) in [5.74, 6) is 0.884. The van der Waals surface area contributed by atoms with Gasteiger partial charge in [0.15, 0.2) is 0 Å². The summed E-state index contributed by atoms with van der Waals surface area (Å²) in [5, 5.41) is 9.33. The van der Waals surface area contributed by atoms with Crippen LogP contribution in [0.3, 0.4) is 0 Å². The molecule has 1 aliphatic heterocycles. The zero-order valence-corrected chi connectivity index (χ0v) is 13.8. The van der Waals surface area contributed by atoms with Crippen molar-refractivity contribution in [3.8, 4) is 5.75 Å². The largest absolute Gasteiger partial charge is 0.487 e. The van der Waals surface area contributed by atoms with Crippen molar-refractivity contribution in [2.24, 2.45) is 0 Å². The molecule has 1 saturated heterocycles. The van der Waals surface area contributed by atoms with Gasteiger partial charge < -0.3 is 14.6 Å². The first kappa shape index (κ1) is 16.3. The summed E-state index contributed by atoms with van der Waals surface area (Å²) in [6.07, 6.45) is 2.39. The molecule has 1 heterocycles. The summed E-state index contributed by atoms with van der Waals surface area (Å²) in [7, 11) is 0. The predicted octanol–water partition coefficient (Wildman–Crippen LogP) is 3.72. The van der Waals surface area contributed by atoms with Crippen LogP contribution in [-0.4, -0.2) is 28.5 Å². The second-order valence-corrected chi connectivity index (χ2v) is 7.31. The molecule has 1 aromatic rings. The Morgan fingerprint density at radius 1 is 1.24 bits per heavy atom. The van der Waals surface area contributed by atoms with Crippen molar-refractivity contribution in [3.05, 3.63) is 29.8 Å². The SMILES string of the molecule is CC(O)CCc1ccc(OC2CC(C)(C)OC2(C)C)cc1. The Balaban J connectivity index is 1.97. The molecule has 0 aliphatic carbocycles. The van der Waals surface area contributed by atoms with E-state index < -0.39 is 0 Å². The van der Waals surface area contributed by atoms with Crippen LogP contribution >= 0.6 is 0 Å². The summed E-state index contributed by atoms with van der Waals surface area (Å²) in [5.41, 5.74) is 0.824. The van der Waals surface area contributed by atoms with E-state index in [9.17, 15) is 5.11 Å². The first-order valence-corrected chi connectivity index (χ1v) is 7.82. The van der Waals surface area contributed by atoms with Crippen LogP contribution in [0.1, 0.15) is 53.0 Å². The van der Waals surface area contributed by atoms with Crippen LogP contribution in [0.15, 0.2) is 24.3 Å². The number of aliphatic hydroxyl groups excluding tert-OH is 1. The molecule has 1 fully saturated rings. The summed E-state index contributed by atoms with van der Waals surface area (Å²) in [6, 6.07) is 8.18. The highest BCUT2D eigenvalue weighted by atomic mass is 16.6. The van der Waals surface area contributed by atoms with E-state index in [0.717, 1.165) is 25.0 Å². The lowest BCUT2D eigenvalue weighted by molar-refractivity contribution is -0.0846. The topological polar surface area (TPSA) is 38.7 Å². The molecule has 21 heavy (non-hydrogen) atoms. The molecule has 3 heteroatoms. The molecule has 1 aromatic carbocycles. The van der Waals surface area contributed by atoms with Gasteiger partial charge in [-0.25, -0.2) is 0 Å². The lowest BCUT2D eigenvalue weighted by Crippen LogP contribution is -2.36. The second-order valence-electron chi connectivity index (χ2n) is 7.31. The van der Waals surface area contributed by atoms with Gasteiger partial charge in [-0.1, -0.05) is 12.1 Å². The van der Waals surface area contributed by atoms with Gasteiger partial charge in [0.2, 0.25) is 0 Å². The Morgan fingerprint density at radius 2 is 1.86 bits per heavy atom. The van der Waals surface area contributed by atoms with Crippen molar-refractivity contribution in [3.63, 3.8) is 0 Å². The first-order valence-electron chi connectivity index (χ1n) is 7.82. The molecule has 0 bridgehead atoms. The van der Waals surface area contributed by atoms with E-state index >= 15 is 0 Å². The van der Waals surface area contributed by atoms with Crippen LogP contribution in [0, 0.1) is 0 Å². The van der Waals surface area contributed by atoms with Crippen LogP contribution < -0.4 is 4.74 Å². The van der Waals surface area contributed by atoms with Crippen LogP contribution in [0.2, 0.25) is 0 Å². The fraction of sp³-hybridized carbons (Fsp3) is 0.667. The summed E-state index contributed by atoms with van der Waals surface area (Å²) >= 11 is 0. The van der Waals surface area contributed by atoms with Gasteiger partial charge in [0, 0.05) is 6.42 Å². The highest BCUT2D eigenvalue weighted by Gasteiger charge is 2.47. The molecule has 2 unspecified atom stereocenters. The van der Waals surface area contributed by atoms with E-state index in [0.29, 0.717) is 0 Å². The van der Waals surface area contributed by atoms with Gasteiger partial charge in [0.25, 0.3) is 0 Å². The average molecular weight is 292 g/mol. The number of ether oxygens (including phenoxy) is 2. The molecule has 1 aliphatic rings.